The van der Waals surface area contributed by atoms with Crippen molar-refractivity contribution in [3.8, 4) is 0 Å². The van der Waals surface area contributed by atoms with Gasteiger partial charge in [-0.3, -0.25) is 4.79 Å². The first-order chi connectivity index (χ1) is 6.45. The van der Waals surface area contributed by atoms with Gasteiger partial charge in [-0.1, -0.05) is 20.8 Å². The number of hydrogen-bond acceptors (Lipinski definition) is 2. The van der Waals surface area contributed by atoms with Crippen molar-refractivity contribution in [2.75, 3.05) is 13.7 Å². The molecule has 0 bridgehead atoms. The molecule has 1 amide bonds. The van der Waals surface area contributed by atoms with E-state index in [1.54, 1.807) is 7.05 Å². The summed E-state index contributed by atoms with van der Waals surface area (Å²) in [7, 11) is 1.65. The molecule has 0 radical (unpaired) electrons. The first-order valence-corrected chi connectivity index (χ1v) is 5.28. The zero-order valence-electron chi connectivity index (χ0n) is 9.59. The molecule has 0 aromatic carbocycles. The number of rotatable bonds is 4. The Balaban J connectivity index is 2.46. The van der Waals surface area contributed by atoms with E-state index in [-0.39, 0.29) is 17.4 Å². The molecule has 1 aliphatic rings. The minimum absolute atomic E-state index is 0.0156. The summed E-state index contributed by atoms with van der Waals surface area (Å²) in [5.74, 6) is 0.683. The number of hydrogen-bond donors (Lipinski definition) is 1. The van der Waals surface area contributed by atoms with Crippen LogP contribution in [-0.2, 0) is 9.53 Å². The van der Waals surface area contributed by atoms with Crippen molar-refractivity contribution in [3.63, 3.8) is 0 Å². The molecule has 1 atom stereocenters. The lowest BCUT2D eigenvalue weighted by Gasteiger charge is -2.29. The van der Waals surface area contributed by atoms with Gasteiger partial charge in [-0.05, 0) is 24.2 Å². The van der Waals surface area contributed by atoms with Gasteiger partial charge in [0.15, 0.2) is 0 Å². The fourth-order valence-electron chi connectivity index (χ4n) is 1.37. The lowest BCUT2D eigenvalue weighted by atomic mass is 9.88. The summed E-state index contributed by atoms with van der Waals surface area (Å²) >= 11 is 0. The summed E-state index contributed by atoms with van der Waals surface area (Å²) in [6.45, 7) is 6.81. The van der Waals surface area contributed by atoms with Gasteiger partial charge in [0.2, 0.25) is 5.91 Å². The quantitative estimate of drug-likeness (QED) is 0.746. The van der Waals surface area contributed by atoms with Crippen LogP contribution in [-0.4, -0.2) is 25.7 Å². The summed E-state index contributed by atoms with van der Waals surface area (Å²) in [4.78, 5) is 11.6. The highest BCUT2D eigenvalue weighted by Gasteiger charge is 2.33. The molecule has 82 valence electrons. The van der Waals surface area contributed by atoms with E-state index in [4.69, 9.17) is 4.74 Å². The fourth-order valence-corrected chi connectivity index (χ4v) is 1.37. The monoisotopic (exact) mass is 199 g/mol. The van der Waals surface area contributed by atoms with Crippen LogP contribution >= 0.6 is 0 Å². The van der Waals surface area contributed by atoms with Gasteiger partial charge >= 0.3 is 0 Å². The standard InChI is InChI=1S/C11H21NO2/c1-11(2,3)9(10(13)12-4)14-7-8-5-6-8/h8-9H,5-7H2,1-4H3,(H,12,13). The lowest BCUT2D eigenvalue weighted by Crippen LogP contribution is -2.43. The van der Waals surface area contributed by atoms with Crippen molar-refractivity contribution >= 4 is 5.91 Å². The van der Waals surface area contributed by atoms with Gasteiger partial charge in [0.1, 0.15) is 6.10 Å². The Kier molecular flexibility index (Phi) is 3.53. The highest BCUT2D eigenvalue weighted by Crippen LogP contribution is 2.31. The fraction of sp³-hybridized carbons (Fsp3) is 0.909. The third-order valence-corrected chi connectivity index (χ3v) is 2.47. The maximum atomic E-state index is 11.6. The summed E-state index contributed by atoms with van der Waals surface area (Å²) in [5, 5.41) is 2.65. The largest absolute Gasteiger partial charge is 0.368 e. The molecule has 3 heteroatoms. The zero-order chi connectivity index (χ0) is 10.8. The Hall–Kier alpha value is -0.570. The second-order valence-electron chi connectivity index (χ2n) is 5.14. The molecule has 1 N–H and O–H groups in total. The maximum absolute atomic E-state index is 11.6. The Morgan fingerprint density at radius 1 is 1.50 bits per heavy atom. The molecule has 3 nitrogen and oxygen atoms in total. The Morgan fingerprint density at radius 2 is 2.07 bits per heavy atom. The third kappa shape index (κ3) is 3.29. The molecule has 14 heavy (non-hydrogen) atoms. The number of nitrogens with one attached hydrogen (secondary N) is 1. The number of ether oxygens (including phenoxy) is 1. The molecule has 1 unspecified atom stereocenters. The van der Waals surface area contributed by atoms with Crippen LogP contribution in [0.15, 0.2) is 0 Å². The second-order valence-corrected chi connectivity index (χ2v) is 5.14. The van der Waals surface area contributed by atoms with Crippen molar-refractivity contribution in [1.82, 2.24) is 5.32 Å². The van der Waals surface area contributed by atoms with Gasteiger partial charge in [-0.25, -0.2) is 0 Å². The van der Waals surface area contributed by atoms with E-state index in [1.807, 2.05) is 20.8 Å². The average Bonchev–Trinajstić information content (AvgIpc) is 2.85. The van der Waals surface area contributed by atoms with Crippen LogP contribution in [0.4, 0.5) is 0 Å². The van der Waals surface area contributed by atoms with Gasteiger partial charge in [-0.2, -0.15) is 0 Å². The molecular formula is C11H21NO2. The van der Waals surface area contributed by atoms with Crippen LogP contribution in [0.5, 0.6) is 0 Å². The van der Waals surface area contributed by atoms with Crippen LogP contribution in [0, 0.1) is 11.3 Å². The van der Waals surface area contributed by atoms with Crippen LogP contribution in [0.2, 0.25) is 0 Å². The van der Waals surface area contributed by atoms with Crippen molar-refractivity contribution in [1.29, 1.82) is 0 Å². The molecule has 1 rings (SSSR count). The van der Waals surface area contributed by atoms with Crippen molar-refractivity contribution in [2.24, 2.45) is 11.3 Å². The summed E-state index contributed by atoms with van der Waals surface area (Å²) in [6, 6.07) is 0. The third-order valence-electron chi connectivity index (χ3n) is 2.47. The minimum Gasteiger partial charge on any atom is -0.368 e. The Bertz CT molecular complexity index is 204. The highest BCUT2D eigenvalue weighted by molar-refractivity contribution is 5.81. The molecule has 1 fully saturated rings. The van der Waals surface area contributed by atoms with Gasteiger partial charge in [0, 0.05) is 7.05 Å². The van der Waals surface area contributed by atoms with E-state index in [0.717, 1.165) is 6.61 Å². The molecular weight excluding hydrogens is 178 g/mol. The van der Waals surface area contributed by atoms with E-state index >= 15 is 0 Å². The second kappa shape index (κ2) is 4.30. The van der Waals surface area contributed by atoms with Gasteiger partial charge < -0.3 is 10.1 Å². The molecule has 0 heterocycles. The Labute approximate surface area is 86.2 Å². The van der Waals surface area contributed by atoms with Gasteiger partial charge in [0.25, 0.3) is 0 Å². The molecule has 0 spiro atoms. The van der Waals surface area contributed by atoms with Crippen molar-refractivity contribution in [2.45, 2.75) is 39.7 Å². The molecule has 0 aromatic rings. The predicted octanol–water partition coefficient (Wildman–Crippen LogP) is 1.57. The van der Waals surface area contributed by atoms with Gasteiger partial charge in [0.05, 0.1) is 6.61 Å². The van der Waals surface area contributed by atoms with Gasteiger partial charge in [-0.15, -0.1) is 0 Å². The molecule has 1 aliphatic carbocycles. The SMILES string of the molecule is CNC(=O)C(OCC1CC1)C(C)(C)C. The molecule has 0 saturated heterocycles. The summed E-state index contributed by atoms with van der Waals surface area (Å²) in [5.41, 5.74) is -0.130. The van der Waals surface area contributed by atoms with Crippen molar-refractivity contribution in [3.05, 3.63) is 0 Å². The summed E-state index contributed by atoms with van der Waals surface area (Å²) in [6.07, 6.45) is 2.18. The number of likely N-dealkylation sites (N-methyl/N-ethyl adjacent to an activating group) is 1. The molecule has 1 saturated carbocycles. The van der Waals surface area contributed by atoms with E-state index in [9.17, 15) is 4.79 Å². The van der Waals surface area contributed by atoms with E-state index in [1.165, 1.54) is 12.8 Å². The number of carbonyl (C=O) groups is 1. The number of carbonyl (C=O) groups excluding carboxylic acids is 1. The Morgan fingerprint density at radius 3 is 2.43 bits per heavy atom. The average molecular weight is 199 g/mol. The van der Waals surface area contributed by atoms with Crippen molar-refractivity contribution < 1.29 is 9.53 Å². The van der Waals surface area contributed by atoms with Crippen LogP contribution in [0.3, 0.4) is 0 Å². The van der Waals surface area contributed by atoms with Crippen LogP contribution in [0.25, 0.3) is 0 Å². The predicted molar refractivity (Wildman–Crippen MR) is 56.0 cm³/mol. The molecule has 0 aliphatic heterocycles. The van der Waals surface area contributed by atoms with E-state index in [0.29, 0.717) is 5.92 Å². The van der Waals surface area contributed by atoms with Crippen LogP contribution < -0.4 is 5.32 Å². The maximum Gasteiger partial charge on any atom is 0.249 e. The number of amides is 1. The first-order valence-electron chi connectivity index (χ1n) is 5.28. The normalized spacial score (nSPS) is 19.1. The first kappa shape index (κ1) is 11.5. The smallest absolute Gasteiger partial charge is 0.249 e. The van der Waals surface area contributed by atoms with Crippen LogP contribution in [0.1, 0.15) is 33.6 Å². The molecule has 0 aromatic heterocycles. The minimum atomic E-state index is -0.326. The van der Waals surface area contributed by atoms with E-state index < -0.39 is 0 Å². The van der Waals surface area contributed by atoms with E-state index in [2.05, 4.69) is 5.32 Å². The highest BCUT2D eigenvalue weighted by atomic mass is 16.5. The zero-order valence-corrected chi connectivity index (χ0v) is 9.59. The summed E-state index contributed by atoms with van der Waals surface area (Å²) < 4.78 is 5.67. The lowest BCUT2D eigenvalue weighted by molar-refractivity contribution is -0.140. The topological polar surface area (TPSA) is 38.3 Å².